The number of phenolic OH excluding ortho intramolecular Hbond substituents is 1. The van der Waals surface area contributed by atoms with E-state index in [-0.39, 0.29) is 11.2 Å². The van der Waals surface area contributed by atoms with Crippen molar-refractivity contribution in [3.8, 4) is 5.75 Å². The zero-order valence-corrected chi connectivity index (χ0v) is 14.2. The molecule has 24 heavy (non-hydrogen) atoms. The van der Waals surface area contributed by atoms with Gasteiger partial charge in [0.25, 0.3) is 0 Å². The summed E-state index contributed by atoms with van der Waals surface area (Å²) < 4.78 is 0. The molecular weight excluding hydrogens is 320 g/mol. The molecule has 0 bridgehead atoms. The Balaban J connectivity index is 1.38. The molecule has 0 spiro atoms. The van der Waals surface area contributed by atoms with E-state index >= 15 is 0 Å². The van der Waals surface area contributed by atoms with Gasteiger partial charge in [-0.05, 0) is 30.2 Å². The van der Waals surface area contributed by atoms with Crippen molar-refractivity contribution in [2.75, 3.05) is 31.1 Å². The minimum atomic E-state index is 0.0130. The standard InChI is InChI=1S/C19H20N2O2S/c22-16-7-3-2-6-15(16)20-9-11-21(12-10-20)19(23)18-13-14-5-1-4-8-17(14)24-18/h1-8,18,22H,9-13H2. The summed E-state index contributed by atoms with van der Waals surface area (Å²) in [6, 6.07) is 15.7. The summed E-state index contributed by atoms with van der Waals surface area (Å²) in [5, 5.41) is 10.00. The van der Waals surface area contributed by atoms with Crippen LogP contribution < -0.4 is 4.90 Å². The molecule has 1 unspecified atom stereocenters. The van der Waals surface area contributed by atoms with Crippen LogP contribution in [0, 0.1) is 0 Å². The maximum atomic E-state index is 12.8. The van der Waals surface area contributed by atoms with Gasteiger partial charge in [0.15, 0.2) is 0 Å². The lowest BCUT2D eigenvalue weighted by molar-refractivity contribution is -0.130. The first-order valence-electron chi connectivity index (χ1n) is 8.28. The molecule has 2 aromatic carbocycles. The molecule has 0 aromatic heterocycles. The number of amides is 1. The second-order valence-electron chi connectivity index (χ2n) is 6.22. The van der Waals surface area contributed by atoms with Crippen molar-refractivity contribution in [3.05, 3.63) is 54.1 Å². The molecule has 0 radical (unpaired) electrons. The number of hydrogen-bond donors (Lipinski definition) is 1. The van der Waals surface area contributed by atoms with Crippen molar-refractivity contribution in [1.82, 2.24) is 4.90 Å². The lowest BCUT2D eigenvalue weighted by Crippen LogP contribution is -2.51. The molecule has 124 valence electrons. The number of benzene rings is 2. The second-order valence-corrected chi connectivity index (χ2v) is 7.46. The topological polar surface area (TPSA) is 43.8 Å². The van der Waals surface area contributed by atoms with Crippen LogP contribution in [0.2, 0.25) is 0 Å². The van der Waals surface area contributed by atoms with Gasteiger partial charge in [-0.2, -0.15) is 0 Å². The maximum absolute atomic E-state index is 12.8. The number of aromatic hydroxyl groups is 1. The van der Waals surface area contributed by atoms with E-state index in [1.54, 1.807) is 17.8 Å². The Hall–Kier alpha value is -2.14. The highest BCUT2D eigenvalue weighted by atomic mass is 32.2. The largest absolute Gasteiger partial charge is 0.506 e. The van der Waals surface area contributed by atoms with Crippen LogP contribution in [-0.2, 0) is 11.2 Å². The Morgan fingerprint density at radius 2 is 1.71 bits per heavy atom. The van der Waals surface area contributed by atoms with Crippen molar-refractivity contribution in [1.29, 1.82) is 0 Å². The summed E-state index contributed by atoms with van der Waals surface area (Å²) in [6.07, 6.45) is 0.833. The van der Waals surface area contributed by atoms with Crippen molar-refractivity contribution < 1.29 is 9.90 Å². The van der Waals surface area contributed by atoms with Crippen LogP contribution in [0.25, 0.3) is 0 Å². The summed E-state index contributed by atoms with van der Waals surface area (Å²) in [7, 11) is 0. The molecule has 1 amide bonds. The lowest BCUT2D eigenvalue weighted by Gasteiger charge is -2.37. The van der Waals surface area contributed by atoms with Crippen LogP contribution in [0.3, 0.4) is 0 Å². The van der Waals surface area contributed by atoms with E-state index in [0.29, 0.717) is 18.8 Å². The molecule has 1 fully saturated rings. The average Bonchev–Trinajstić information content (AvgIpc) is 3.06. The lowest BCUT2D eigenvalue weighted by atomic mass is 10.1. The SMILES string of the molecule is O=C(C1Cc2ccccc2S1)N1CCN(c2ccccc2O)CC1. The first kappa shape index (κ1) is 15.4. The highest BCUT2D eigenvalue weighted by Gasteiger charge is 2.32. The predicted octanol–water partition coefficient (Wildman–Crippen LogP) is 2.76. The minimum absolute atomic E-state index is 0.0130. The molecule has 5 heteroatoms. The molecule has 2 aliphatic rings. The van der Waals surface area contributed by atoms with Crippen LogP contribution in [-0.4, -0.2) is 47.3 Å². The van der Waals surface area contributed by atoms with Crippen LogP contribution in [0.1, 0.15) is 5.56 Å². The Morgan fingerprint density at radius 3 is 2.46 bits per heavy atom. The molecule has 4 rings (SSSR count). The van der Waals surface area contributed by atoms with Gasteiger partial charge >= 0.3 is 0 Å². The van der Waals surface area contributed by atoms with Gasteiger partial charge in [-0.3, -0.25) is 4.79 Å². The Labute approximate surface area is 146 Å². The van der Waals surface area contributed by atoms with E-state index in [9.17, 15) is 9.90 Å². The van der Waals surface area contributed by atoms with Crippen molar-refractivity contribution in [3.63, 3.8) is 0 Å². The number of phenols is 1. The number of fused-ring (bicyclic) bond motifs is 1. The summed E-state index contributed by atoms with van der Waals surface area (Å²) in [5.74, 6) is 0.548. The van der Waals surface area contributed by atoms with Crippen molar-refractivity contribution in [2.24, 2.45) is 0 Å². The number of carbonyl (C=O) groups is 1. The van der Waals surface area contributed by atoms with E-state index in [0.717, 1.165) is 25.2 Å². The molecule has 2 aromatic rings. The van der Waals surface area contributed by atoms with E-state index < -0.39 is 0 Å². The number of para-hydroxylation sites is 2. The van der Waals surface area contributed by atoms with Crippen molar-refractivity contribution in [2.45, 2.75) is 16.6 Å². The summed E-state index contributed by atoms with van der Waals surface area (Å²) in [6.45, 7) is 2.93. The fraction of sp³-hybridized carbons (Fsp3) is 0.316. The first-order chi connectivity index (χ1) is 11.7. The monoisotopic (exact) mass is 340 g/mol. The third-order valence-corrected chi connectivity index (χ3v) is 6.04. The second kappa shape index (κ2) is 6.40. The number of rotatable bonds is 2. The first-order valence-corrected chi connectivity index (χ1v) is 9.16. The van der Waals surface area contributed by atoms with Gasteiger partial charge in [0.05, 0.1) is 10.9 Å². The smallest absolute Gasteiger partial charge is 0.236 e. The number of hydrogen-bond acceptors (Lipinski definition) is 4. The maximum Gasteiger partial charge on any atom is 0.236 e. The number of carbonyl (C=O) groups excluding carboxylic acids is 1. The highest BCUT2D eigenvalue weighted by molar-refractivity contribution is 8.01. The molecule has 1 saturated heterocycles. The van der Waals surface area contributed by atoms with Crippen LogP contribution >= 0.6 is 11.8 Å². The van der Waals surface area contributed by atoms with E-state index in [2.05, 4.69) is 17.0 Å². The summed E-state index contributed by atoms with van der Waals surface area (Å²) in [4.78, 5) is 18.2. The van der Waals surface area contributed by atoms with Crippen LogP contribution in [0.4, 0.5) is 5.69 Å². The van der Waals surface area contributed by atoms with E-state index in [1.165, 1.54) is 10.5 Å². The Kier molecular flexibility index (Phi) is 4.10. The third kappa shape index (κ3) is 2.84. The predicted molar refractivity (Wildman–Crippen MR) is 96.7 cm³/mol. The van der Waals surface area contributed by atoms with E-state index in [4.69, 9.17) is 0 Å². The number of thioether (sulfide) groups is 1. The van der Waals surface area contributed by atoms with Gasteiger partial charge < -0.3 is 14.9 Å². The van der Waals surface area contributed by atoms with E-state index in [1.807, 2.05) is 35.2 Å². The number of anilines is 1. The molecule has 0 saturated carbocycles. The molecule has 1 N–H and O–H groups in total. The fourth-order valence-electron chi connectivity index (χ4n) is 3.42. The number of piperazine rings is 1. The molecule has 2 heterocycles. The van der Waals surface area contributed by atoms with Gasteiger partial charge in [0.1, 0.15) is 5.75 Å². The zero-order valence-electron chi connectivity index (χ0n) is 13.4. The van der Waals surface area contributed by atoms with Gasteiger partial charge in [0, 0.05) is 31.1 Å². The van der Waals surface area contributed by atoms with Gasteiger partial charge in [-0.15, -0.1) is 11.8 Å². The van der Waals surface area contributed by atoms with Crippen LogP contribution in [0.5, 0.6) is 5.75 Å². The Morgan fingerprint density at radius 1 is 1.00 bits per heavy atom. The molecule has 0 aliphatic carbocycles. The normalized spacial score (nSPS) is 20.1. The average molecular weight is 340 g/mol. The molecule has 4 nitrogen and oxygen atoms in total. The van der Waals surface area contributed by atoms with Gasteiger partial charge in [-0.1, -0.05) is 30.3 Å². The molecular formula is C19H20N2O2S. The third-order valence-electron chi connectivity index (χ3n) is 4.74. The summed E-state index contributed by atoms with van der Waals surface area (Å²) >= 11 is 1.69. The van der Waals surface area contributed by atoms with Crippen molar-refractivity contribution >= 4 is 23.4 Å². The molecule has 1 atom stereocenters. The van der Waals surface area contributed by atoms with Gasteiger partial charge in [0.2, 0.25) is 5.91 Å². The minimum Gasteiger partial charge on any atom is -0.506 e. The van der Waals surface area contributed by atoms with Crippen LogP contribution in [0.15, 0.2) is 53.4 Å². The quantitative estimate of drug-likeness (QED) is 0.913. The summed E-state index contributed by atoms with van der Waals surface area (Å²) in [5.41, 5.74) is 2.14. The number of nitrogens with zero attached hydrogens (tertiary/aromatic N) is 2. The molecule has 2 aliphatic heterocycles. The Bertz CT molecular complexity index is 732. The zero-order chi connectivity index (χ0) is 16.5. The highest BCUT2D eigenvalue weighted by Crippen LogP contribution is 2.38. The fourth-order valence-corrected chi connectivity index (χ4v) is 4.70. The van der Waals surface area contributed by atoms with Gasteiger partial charge in [-0.25, -0.2) is 0 Å².